The lowest BCUT2D eigenvalue weighted by molar-refractivity contribution is 0.103. The second-order valence-corrected chi connectivity index (χ2v) is 10.0. The van der Waals surface area contributed by atoms with E-state index in [1.807, 2.05) is 38.1 Å². The van der Waals surface area contributed by atoms with Crippen LogP contribution in [0.5, 0.6) is 11.5 Å². The lowest BCUT2D eigenvalue weighted by Gasteiger charge is -2.29. The lowest BCUT2D eigenvalue weighted by Crippen LogP contribution is -2.32. The normalized spacial score (nSPS) is 17.5. The van der Waals surface area contributed by atoms with Gasteiger partial charge in [0.25, 0.3) is 0 Å². The highest BCUT2D eigenvalue weighted by Gasteiger charge is 2.27. The van der Waals surface area contributed by atoms with Crippen LogP contribution in [0.2, 0.25) is 0 Å². The Hall–Kier alpha value is -3.31. The van der Waals surface area contributed by atoms with E-state index in [9.17, 15) is 4.79 Å². The molecule has 182 valence electrons. The molecule has 1 fully saturated rings. The van der Waals surface area contributed by atoms with Gasteiger partial charge in [0, 0.05) is 30.2 Å². The van der Waals surface area contributed by atoms with Gasteiger partial charge in [0.2, 0.25) is 0 Å². The van der Waals surface area contributed by atoms with E-state index < -0.39 is 5.60 Å². The Morgan fingerprint density at radius 1 is 1.09 bits per heavy atom. The van der Waals surface area contributed by atoms with Crippen molar-refractivity contribution < 1.29 is 14.3 Å². The largest absolute Gasteiger partial charge is 0.496 e. The molecule has 0 bridgehead atoms. The van der Waals surface area contributed by atoms with Crippen LogP contribution in [0.4, 0.5) is 0 Å². The Labute approximate surface area is 207 Å². The zero-order chi connectivity index (χ0) is 24.4. The molecule has 0 atom stereocenters. The maximum atomic E-state index is 13.2. The van der Waals surface area contributed by atoms with Crippen LogP contribution in [0.15, 0.2) is 54.7 Å². The maximum absolute atomic E-state index is 13.2. The van der Waals surface area contributed by atoms with E-state index in [-0.39, 0.29) is 5.78 Å². The molecule has 0 aliphatic carbocycles. The standard InChI is InChI=1S/C30H34N2O3/c1-30(2)15-13-25-28(34-3)12-9-24(29(25)35-30)27(33)11-8-22-7-10-26-23(21-22)14-18-32(26)20-19-31-16-5-4-6-17-31/h7-15,18,21H,4-6,16-17,19-20H2,1-3H3/b11-8+. The van der Waals surface area contributed by atoms with Gasteiger partial charge in [0.15, 0.2) is 5.78 Å². The summed E-state index contributed by atoms with van der Waals surface area (Å²) in [6.45, 7) is 8.50. The first-order chi connectivity index (χ1) is 16.9. The molecule has 5 heteroatoms. The number of benzene rings is 2. The van der Waals surface area contributed by atoms with E-state index in [0.29, 0.717) is 17.1 Å². The highest BCUT2D eigenvalue weighted by atomic mass is 16.5. The number of hydrogen-bond acceptors (Lipinski definition) is 4. The average Bonchev–Trinajstić information content (AvgIpc) is 3.27. The zero-order valence-electron chi connectivity index (χ0n) is 20.9. The fourth-order valence-electron chi connectivity index (χ4n) is 5.01. The van der Waals surface area contributed by atoms with Crippen LogP contribution in [0, 0.1) is 0 Å². The molecule has 0 N–H and O–H groups in total. The number of piperidine rings is 1. The summed E-state index contributed by atoms with van der Waals surface area (Å²) in [7, 11) is 1.63. The Bertz CT molecular complexity index is 1290. The van der Waals surface area contributed by atoms with Gasteiger partial charge in [-0.25, -0.2) is 0 Å². The molecule has 1 saturated heterocycles. The summed E-state index contributed by atoms with van der Waals surface area (Å²) in [5.41, 5.74) is 3.10. The number of fused-ring (bicyclic) bond motifs is 2. The van der Waals surface area contributed by atoms with Gasteiger partial charge in [-0.05, 0) is 93.9 Å². The van der Waals surface area contributed by atoms with Crippen molar-refractivity contribution in [1.29, 1.82) is 0 Å². The van der Waals surface area contributed by atoms with Crippen molar-refractivity contribution in [3.05, 3.63) is 71.4 Å². The molecule has 0 amide bonds. The summed E-state index contributed by atoms with van der Waals surface area (Å²) in [6, 6.07) is 12.1. The van der Waals surface area contributed by atoms with Crippen molar-refractivity contribution in [3.8, 4) is 11.5 Å². The van der Waals surface area contributed by atoms with Crippen LogP contribution < -0.4 is 9.47 Å². The Balaban J connectivity index is 1.33. The third-order valence-electron chi connectivity index (χ3n) is 6.99. The number of ketones is 1. The number of aromatic nitrogens is 1. The topological polar surface area (TPSA) is 43.7 Å². The smallest absolute Gasteiger partial charge is 0.189 e. The van der Waals surface area contributed by atoms with Crippen LogP contribution in [0.25, 0.3) is 23.1 Å². The zero-order valence-corrected chi connectivity index (χ0v) is 20.9. The Morgan fingerprint density at radius 3 is 2.71 bits per heavy atom. The fraction of sp³-hybridized carbons (Fsp3) is 0.367. The first kappa shape index (κ1) is 23.4. The molecule has 35 heavy (non-hydrogen) atoms. The molecular formula is C30H34N2O3. The number of ether oxygens (including phenoxy) is 2. The van der Waals surface area contributed by atoms with Gasteiger partial charge < -0.3 is 18.9 Å². The molecule has 5 nitrogen and oxygen atoms in total. The summed E-state index contributed by atoms with van der Waals surface area (Å²) in [5.74, 6) is 1.18. The van der Waals surface area contributed by atoms with Crippen LogP contribution in [-0.2, 0) is 6.54 Å². The number of methoxy groups -OCH3 is 1. The summed E-state index contributed by atoms with van der Waals surface area (Å²) in [4.78, 5) is 15.7. The van der Waals surface area contributed by atoms with Crippen molar-refractivity contribution >= 4 is 28.8 Å². The molecule has 0 unspecified atom stereocenters. The lowest BCUT2D eigenvalue weighted by atomic mass is 9.97. The molecule has 0 saturated carbocycles. The highest BCUT2D eigenvalue weighted by Crippen LogP contribution is 2.40. The van der Waals surface area contributed by atoms with Crippen LogP contribution in [-0.4, -0.2) is 47.6 Å². The van der Waals surface area contributed by atoms with Gasteiger partial charge in [-0.15, -0.1) is 0 Å². The molecule has 2 aliphatic heterocycles. The van der Waals surface area contributed by atoms with Crippen molar-refractivity contribution in [2.45, 2.75) is 45.3 Å². The third kappa shape index (κ3) is 5.06. The highest BCUT2D eigenvalue weighted by molar-refractivity contribution is 6.09. The number of allylic oxidation sites excluding steroid dienone is 1. The number of likely N-dealkylation sites (tertiary alicyclic amines) is 1. The second-order valence-electron chi connectivity index (χ2n) is 10.0. The first-order valence-corrected chi connectivity index (χ1v) is 12.6. The molecule has 3 heterocycles. The van der Waals surface area contributed by atoms with Gasteiger partial charge in [-0.3, -0.25) is 4.79 Å². The number of rotatable bonds is 7. The van der Waals surface area contributed by atoms with Gasteiger partial charge in [-0.1, -0.05) is 18.6 Å². The predicted octanol–water partition coefficient (Wildman–Crippen LogP) is 6.22. The van der Waals surface area contributed by atoms with Crippen molar-refractivity contribution in [1.82, 2.24) is 9.47 Å². The second kappa shape index (κ2) is 9.74. The molecule has 0 radical (unpaired) electrons. The minimum Gasteiger partial charge on any atom is -0.496 e. The van der Waals surface area contributed by atoms with E-state index >= 15 is 0 Å². The summed E-state index contributed by atoms with van der Waals surface area (Å²) in [6.07, 6.45) is 13.6. The Kier molecular flexibility index (Phi) is 6.52. The van der Waals surface area contributed by atoms with Crippen molar-refractivity contribution in [2.75, 3.05) is 26.7 Å². The van der Waals surface area contributed by atoms with E-state index in [4.69, 9.17) is 9.47 Å². The summed E-state index contributed by atoms with van der Waals surface area (Å²) in [5, 5.41) is 1.19. The van der Waals surface area contributed by atoms with Crippen molar-refractivity contribution in [3.63, 3.8) is 0 Å². The molecular weight excluding hydrogens is 436 g/mol. The summed E-state index contributed by atoms with van der Waals surface area (Å²) >= 11 is 0. The number of nitrogens with zero attached hydrogens (tertiary/aromatic N) is 2. The number of carbonyl (C=O) groups excluding carboxylic acids is 1. The van der Waals surface area contributed by atoms with Crippen LogP contribution in [0.3, 0.4) is 0 Å². The fourth-order valence-corrected chi connectivity index (χ4v) is 5.01. The minimum atomic E-state index is -0.482. The molecule has 0 spiro atoms. The van der Waals surface area contributed by atoms with Gasteiger partial charge in [0.05, 0.1) is 18.2 Å². The van der Waals surface area contributed by atoms with E-state index in [1.54, 1.807) is 19.3 Å². The molecule has 2 aliphatic rings. The quantitative estimate of drug-likeness (QED) is 0.304. The van der Waals surface area contributed by atoms with Crippen LogP contribution in [0.1, 0.15) is 54.6 Å². The third-order valence-corrected chi connectivity index (χ3v) is 6.99. The maximum Gasteiger partial charge on any atom is 0.189 e. The predicted molar refractivity (Wildman–Crippen MR) is 142 cm³/mol. The molecule has 1 aromatic heterocycles. The molecule has 5 rings (SSSR count). The average molecular weight is 471 g/mol. The summed E-state index contributed by atoms with van der Waals surface area (Å²) < 4.78 is 14.0. The van der Waals surface area contributed by atoms with Gasteiger partial charge >= 0.3 is 0 Å². The molecule has 3 aromatic rings. The van der Waals surface area contributed by atoms with E-state index in [0.717, 1.165) is 24.2 Å². The minimum absolute atomic E-state index is 0.0887. The van der Waals surface area contributed by atoms with Crippen LogP contribution >= 0.6 is 0 Å². The number of carbonyl (C=O) groups is 1. The first-order valence-electron chi connectivity index (χ1n) is 12.6. The SMILES string of the molecule is COc1ccc(C(=O)/C=C/c2ccc3c(ccn3CCN3CCCCC3)c2)c2c1C=CC(C)(C)O2. The monoisotopic (exact) mass is 470 g/mol. The Morgan fingerprint density at radius 2 is 1.91 bits per heavy atom. The number of hydrogen-bond donors (Lipinski definition) is 0. The van der Waals surface area contributed by atoms with Gasteiger partial charge in [0.1, 0.15) is 17.1 Å². The molecule has 2 aromatic carbocycles. The van der Waals surface area contributed by atoms with E-state index in [1.165, 1.54) is 43.3 Å². The van der Waals surface area contributed by atoms with Gasteiger partial charge in [-0.2, -0.15) is 0 Å². The van der Waals surface area contributed by atoms with Crippen molar-refractivity contribution in [2.24, 2.45) is 0 Å². The van der Waals surface area contributed by atoms with E-state index in [2.05, 4.69) is 39.9 Å².